The van der Waals surface area contributed by atoms with Crippen molar-refractivity contribution < 1.29 is 12.8 Å². The van der Waals surface area contributed by atoms with E-state index in [1.165, 1.54) is 23.0 Å². The zero-order valence-electron chi connectivity index (χ0n) is 11.0. The minimum absolute atomic E-state index is 0.0914. The number of aryl methyl sites for hydroxylation is 1. The second-order valence-corrected chi connectivity index (χ2v) is 5.80. The third-order valence-corrected chi connectivity index (χ3v) is 4.09. The van der Waals surface area contributed by atoms with Gasteiger partial charge in [0.25, 0.3) is 10.0 Å². The molecule has 0 spiro atoms. The summed E-state index contributed by atoms with van der Waals surface area (Å²) in [4.78, 5) is -0.229. The Labute approximate surface area is 120 Å². The largest absolute Gasteiger partial charge is 0.381 e. The van der Waals surface area contributed by atoms with Crippen LogP contribution in [0.2, 0.25) is 0 Å². The number of nitriles is 1. The molecule has 3 N–H and O–H groups in total. The first-order chi connectivity index (χ1) is 9.87. The SMILES string of the molecule is CCn1cc(S(=O)(=O)Nc2ccc(C#N)cc2F)c(N)n1. The number of aromatic nitrogens is 2. The number of benzene rings is 1. The number of hydrogen-bond donors (Lipinski definition) is 2. The molecule has 0 fully saturated rings. The van der Waals surface area contributed by atoms with Crippen LogP contribution in [0.4, 0.5) is 15.9 Å². The van der Waals surface area contributed by atoms with Gasteiger partial charge in [-0.15, -0.1) is 0 Å². The molecule has 0 atom stereocenters. The van der Waals surface area contributed by atoms with Crippen LogP contribution in [-0.2, 0) is 16.6 Å². The quantitative estimate of drug-likeness (QED) is 0.883. The van der Waals surface area contributed by atoms with Gasteiger partial charge in [-0.3, -0.25) is 9.40 Å². The topological polar surface area (TPSA) is 114 Å². The lowest BCUT2D eigenvalue weighted by atomic mass is 10.2. The number of nitrogens with two attached hydrogens (primary N) is 1. The highest BCUT2D eigenvalue weighted by atomic mass is 32.2. The Balaban J connectivity index is 2.37. The van der Waals surface area contributed by atoms with Gasteiger partial charge < -0.3 is 5.73 Å². The van der Waals surface area contributed by atoms with Gasteiger partial charge in [-0.2, -0.15) is 10.4 Å². The molecule has 0 radical (unpaired) electrons. The van der Waals surface area contributed by atoms with Gasteiger partial charge in [-0.25, -0.2) is 12.8 Å². The van der Waals surface area contributed by atoms with Gasteiger partial charge in [0, 0.05) is 12.7 Å². The molecule has 110 valence electrons. The molecule has 0 saturated heterocycles. The number of sulfonamides is 1. The molecule has 1 aromatic carbocycles. The molecule has 7 nitrogen and oxygen atoms in total. The van der Waals surface area contributed by atoms with Crippen molar-refractivity contribution in [2.75, 3.05) is 10.5 Å². The standard InChI is InChI=1S/C12H12FN5O2S/c1-2-18-7-11(12(15)16-18)21(19,20)17-10-4-3-8(6-14)5-9(10)13/h3-5,7,17H,2H2,1H3,(H2,15,16). The van der Waals surface area contributed by atoms with Gasteiger partial charge in [-0.1, -0.05) is 0 Å². The highest BCUT2D eigenvalue weighted by molar-refractivity contribution is 7.92. The second kappa shape index (κ2) is 5.41. The van der Waals surface area contributed by atoms with Crippen LogP contribution in [0.5, 0.6) is 0 Å². The molecule has 0 unspecified atom stereocenters. The van der Waals surface area contributed by atoms with Crippen molar-refractivity contribution in [1.82, 2.24) is 9.78 Å². The number of nitrogens with one attached hydrogen (secondary N) is 1. The Bertz CT molecular complexity index is 823. The normalized spacial score (nSPS) is 11.1. The first-order valence-electron chi connectivity index (χ1n) is 5.92. The second-order valence-electron chi connectivity index (χ2n) is 4.15. The fourth-order valence-corrected chi connectivity index (χ4v) is 2.80. The smallest absolute Gasteiger partial charge is 0.267 e. The van der Waals surface area contributed by atoms with Crippen LogP contribution in [0, 0.1) is 17.1 Å². The van der Waals surface area contributed by atoms with Gasteiger partial charge >= 0.3 is 0 Å². The van der Waals surface area contributed by atoms with E-state index in [1.54, 1.807) is 13.0 Å². The van der Waals surface area contributed by atoms with Crippen LogP contribution in [0.15, 0.2) is 29.3 Å². The molecule has 0 bridgehead atoms. The predicted octanol–water partition coefficient (Wildman–Crippen LogP) is 1.30. The molecule has 2 rings (SSSR count). The molecular weight excluding hydrogens is 297 g/mol. The van der Waals surface area contributed by atoms with E-state index in [9.17, 15) is 12.8 Å². The fraction of sp³-hybridized carbons (Fsp3) is 0.167. The lowest BCUT2D eigenvalue weighted by molar-refractivity contribution is 0.598. The zero-order valence-corrected chi connectivity index (χ0v) is 11.9. The number of halogens is 1. The summed E-state index contributed by atoms with van der Waals surface area (Å²) in [7, 11) is -4.06. The van der Waals surface area contributed by atoms with Crippen molar-refractivity contribution in [2.24, 2.45) is 0 Å². The van der Waals surface area contributed by atoms with E-state index in [0.29, 0.717) is 6.54 Å². The maximum atomic E-state index is 13.7. The lowest BCUT2D eigenvalue weighted by Crippen LogP contribution is -2.15. The highest BCUT2D eigenvalue weighted by Gasteiger charge is 2.22. The lowest BCUT2D eigenvalue weighted by Gasteiger charge is -2.07. The summed E-state index contributed by atoms with van der Waals surface area (Å²) in [5, 5.41) is 12.5. The summed E-state index contributed by atoms with van der Waals surface area (Å²) in [6.07, 6.45) is 1.26. The van der Waals surface area contributed by atoms with E-state index in [0.717, 1.165) is 6.07 Å². The Hall–Kier alpha value is -2.60. The number of nitrogens with zero attached hydrogens (tertiary/aromatic N) is 3. The monoisotopic (exact) mass is 309 g/mol. The van der Waals surface area contributed by atoms with Gasteiger partial charge in [0.1, 0.15) is 10.7 Å². The summed E-state index contributed by atoms with van der Waals surface area (Å²) in [6.45, 7) is 2.22. The maximum absolute atomic E-state index is 13.7. The molecular formula is C12H12FN5O2S. The molecule has 0 saturated carbocycles. The average Bonchev–Trinajstić information content (AvgIpc) is 2.83. The van der Waals surface area contributed by atoms with Crippen LogP contribution < -0.4 is 10.5 Å². The first kappa shape index (κ1) is 14.8. The van der Waals surface area contributed by atoms with Gasteiger partial charge in [0.05, 0.1) is 17.3 Å². The number of nitrogen functional groups attached to an aromatic ring is 1. The summed E-state index contributed by atoms with van der Waals surface area (Å²) < 4.78 is 41.5. The van der Waals surface area contributed by atoms with Crippen molar-refractivity contribution in [3.63, 3.8) is 0 Å². The van der Waals surface area contributed by atoms with Crippen LogP contribution in [-0.4, -0.2) is 18.2 Å². The Morgan fingerprint density at radius 2 is 2.24 bits per heavy atom. The number of rotatable bonds is 4. The van der Waals surface area contributed by atoms with Crippen molar-refractivity contribution in [1.29, 1.82) is 5.26 Å². The third kappa shape index (κ3) is 2.95. The first-order valence-corrected chi connectivity index (χ1v) is 7.41. The summed E-state index contributed by atoms with van der Waals surface area (Å²) in [5.41, 5.74) is 5.38. The Morgan fingerprint density at radius 1 is 1.52 bits per heavy atom. The zero-order chi connectivity index (χ0) is 15.6. The van der Waals surface area contributed by atoms with E-state index in [2.05, 4.69) is 9.82 Å². The fourth-order valence-electron chi connectivity index (χ4n) is 1.65. The molecule has 1 heterocycles. The predicted molar refractivity (Wildman–Crippen MR) is 74.2 cm³/mol. The molecule has 9 heteroatoms. The van der Waals surface area contributed by atoms with E-state index in [1.807, 2.05) is 0 Å². The average molecular weight is 309 g/mol. The summed E-state index contributed by atoms with van der Waals surface area (Å²) >= 11 is 0. The van der Waals surface area contributed by atoms with E-state index < -0.39 is 15.8 Å². The summed E-state index contributed by atoms with van der Waals surface area (Å²) in [5.74, 6) is -1.02. The molecule has 21 heavy (non-hydrogen) atoms. The molecule has 1 aromatic heterocycles. The van der Waals surface area contributed by atoms with Gasteiger partial charge in [0.2, 0.25) is 0 Å². The molecule has 0 aliphatic carbocycles. The third-order valence-electron chi connectivity index (χ3n) is 2.71. The van der Waals surface area contributed by atoms with Crippen LogP contribution in [0.3, 0.4) is 0 Å². The van der Waals surface area contributed by atoms with Crippen molar-refractivity contribution >= 4 is 21.5 Å². The molecule has 0 aliphatic rings. The van der Waals surface area contributed by atoms with Crippen molar-refractivity contribution in [3.05, 3.63) is 35.8 Å². The van der Waals surface area contributed by atoms with E-state index >= 15 is 0 Å². The Morgan fingerprint density at radius 3 is 2.76 bits per heavy atom. The highest BCUT2D eigenvalue weighted by Crippen LogP contribution is 2.22. The van der Waals surface area contributed by atoms with E-state index in [4.69, 9.17) is 11.0 Å². The molecule has 0 aliphatic heterocycles. The maximum Gasteiger partial charge on any atom is 0.267 e. The molecule has 2 aromatic rings. The minimum Gasteiger partial charge on any atom is -0.381 e. The molecule has 0 amide bonds. The van der Waals surface area contributed by atoms with Gasteiger partial charge in [-0.05, 0) is 25.1 Å². The van der Waals surface area contributed by atoms with Crippen molar-refractivity contribution in [2.45, 2.75) is 18.4 Å². The van der Waals surface area contributed by atoms with Crippen LogP contribution >= 0.6 is 0 Å². The van der Waals surface area contributed by atoms with Crippen LogP contribution in [0.25, 0.3) is 0 Å². The number of anilines is 2. The van der Waals surface area contributed by atoms with Crippen LogP contribution in [0.1, 0.15) is 12.5 Å². The summed E-state index contributed by atoms with van der Waals surface area (Å²) in [6, 6.07) is 5.18. The van der Waals surface area contributed by atoms with E-state index in [-0.39, 0.29) is 22.0 Å². The Kier molecular flexibility index (Phi) is 3.82. The number of hydrogen-bond acceptors (Lipinski definition) is 5. The minimum atomic E-state index is -4.06. The van der Waals surface area contributed by atoms with Crippen molar-refractivity contribution in [3.8, 4) is 6.07 Å². The van der Waals surface area contributed by atoms with Gasteiger partial charge in [0.15, 0.2) is 5.82 Å².